The van der Waals surface area contributed by atoms with Gasteiger partial charge in [0.15, 0.2) is 5.82 Å². The molecule has 0 unspecified atom stereocenters. The molecule has 0 fully saturated rings. The van der Waals surface area contributed by atoms with E-state index >= 15 is 0 Å². The first-order chi connectivity index (χ1) is 7.83. The fourth-order valence-electron chi connectivity index (χ4n) is 1.62. The van der Waals surface area contributed by atoms with Crippen molar-refractivity contribution >= 4 is 17.2 Å². The Labute approximate surface area is 94.8 Å². The van der Waals surface area contributed by atoms with Crippen LogP contribution in [0.3, 0.4) is 0 Å². The predicted octanol–water partition coefficient (Wildman–Crippen LogP) is 2.22. The lowest BCUT2D eigenvalue weighted by atomic mass is 10.3. The highest BCUT2D eigenvalue weighted by molar-refractivity contribution is 5.69. The van der Waals surface area contributed by atoms with Crippen LogP contribution in [0.1, 0.15) is 6.92 Å². The van der Waals surface area contributed by atoms with Crippen LogP contribution >= 0.6 is 0 Å². The smallest absolute Gasteiger partial charge is 0.159 e. The van der Waals surface area contributed by atoms with Crippen LogP contribution in [-0.4, -0.2) is 16.5 Å². The summed E-state index contributed by atoms with van der Waals surface area (Å²) in [6.07, 6.45) is 3.13. The lowest BCUT2D eigenvalue weighted by molar-refractivity contribution is 0.979. The van der Waals surface area contributed by atoms with Crippen molar-refractivity contribution in [3.05, 3.63) is 42.9 Å². The van der Waals surface area contributed by atoms with Gasteiger partial charge in [0.05, 0.1) is 11.9 Å². The minimum absolute atomic E-state index is 0.591. The molecule has 0 saturated carbocycles. The van der Waals surface area contributed by atoms with E-state index in [0.29, 0.717) is 5.69 Å². The Balaban J connectivity index is 2.41. The minimum Gasteiger partial charge on any atom is -0.394 e. The molecule has 0 atom stereocenters. The van der Waals surface area contributed by atoms with Crippen molar-refractivity contribution in [2.24, 2.45) is 0 Å². The molecule has 1 aromatic carbocycles. The zero-order valence-electron chi connectivity index (χ0n) is 9.17. The van der Waals surface area contributed by atoms with Crippen LogP contribution in [0, 0.1) is 0 Å². The van der Waals surface area contributed by atoms with Crippen LogP contribution in [-0.2, 0) is 0 Å². The van der Waals surface area contributed by atoms with Crippen LogP contribution in [0.15, 0.2) is 42.9 Å². The summed E-state index contributed by atoms with van der Waals surface area (Å²) in [5, 5.41) is 0. The fourth-order valence-corrected chi connectivity index (χ4v) is 1.62. The first-order valence-corrected chi connectivity index (χ1v) is 5.21. The molecule has 2 N–H and O–H groups in total. The molecule has 0 radical (unpaired) electrons. The van der Waals surface area contributed by atoms with Gasteiger partial charge in [0, 0.05) is 12.2 Å². The Hall–Kier alpha value is -2.10. The summed E-state index contributed by atoms with van der Waals surface area (Å²) in [6.45, 7) is 2.87. The average Bonchev–Trinajstić information content (AvgIpc) is 2.34. The summed E-state index contributed by atoms with van der Waals surface area (Å²) >= 11 is 0. The molecule has 4 nitrogen and oxygen atoms in total. The topological polar surface area (TPSA) is 55.0 Å². The molecule has 16 heavy (non-hydrogen) atoms. The Morgan fingerprint density at radius 1 is 1.25 bits per heavy atom. The highest BCUT2D eigenvalue weighted by Gasteiger charge is 2.10. The van der Waals surface area contributed by atoms with Gasteiger partial charge in [-0.15, -0.1) is 0 Å². The van der Waals surface area contributed by atoms with Gasteiger partial charge in [0.2, 0.25) is 0 Å². The number of nitrogen functional groups attached to an aromatic ring is 1. The van der Waals surface area contributed by atoms with Gasteiger partial charge >= 0.3 is 0 Å². The molecule has 0 spiro atoms. The SMILES string of the molecule is CCN(c1ccccc1)c1ncncc1N. The van der Waals surface area contributed by atoms with Gasteiger partial charge in [-0.3, -0.25) is 0 Å². The summed E-state index contributed by atoms with van der Waals surface area (Å²) in [7, 11) is 0. The monoisotopic (exact) mass is 214 g/mol. The van der Waals surface area contributed by atoms with Crippen molar-refractivity contribution in [3.63, 3.8) is 0 Å². The molecule has 2 aromatic rings. The van der Waals surface area contributed by atoms with Crippen molar-refractivity contribution in [1.29, 1.82) is 0 Å². The molecule has 2 rings (SSSR count). The number of aromatic nitrogens is 2. The number of anilines is 3. The Morgan fingerprint density at radius 2 is 2.00 bits per heavy atom. The van der Waals surface area contributed by atoms with Gasteiger partial charge in [-0.2, -0.15) is 0 Å². The zero-order chi connectivity index (χ0) is 11.4. The average molecular weight is 214 g/mol. The second-order valence-corrected chi connectivity index (χ2v) is 3.38. The van der Waals surface area contributed by atoms with E-state index in [0.717, 1.165) is 18.1 Å². The third kappa shape index (κ3) is 1.95. The third-order valence-electron chi connectivity index (χ3n) is 2.36. The van der Waals surface area contributed by atoms with Crippen molar-refractivity contribution in [1.82, 2.24) is 9.97 Å². The molecule has 0 amide bonds. The summed E-state index contributed by atoms with van der Waals surface area (Å²) in [5.74, 6) is 0.753. The summed E-state index contributed by atoms with van der Waals surface area (Å²) in [6, 6.07) is 10.0. The molecule has 0 aliphatic heterocycles. The van der Waals surface area contributed by atoms with Crippen molar-refractivity contribution < 1.29 is 0 Å². The summed E-state index contributed by atoms with van der Waals surface area (Å²) < 4.78 is 0. The predicted molar refractivity (Wildman–Crippen MR) is 65.6 cm³/mol. The maximum Gasteiger partial charge on any atom is 0.159 e. The number of para-hydroxylation sites is 1. The lowest BCUT2D eigenvalue weighted by Gasteiger charge is -2.22. The molecule has 1 heterocycles. The minimum atomic E-state index is 0.591. The van der Waals surface area contributed by atoms with E-state index < -0.39 is 0 Å². The molecule has 82 valence electrons. The highest BCUT2D eigenvalue weighted by Crippen LogP contribution is 2.26. The van der Waals surface area contributed by atoms with Crippen LogP contribution in [0.4, 0.5) is 17.2 Å². The molecule has 0 saturated heterocycles. The first kappa shape index (κ1) is 10.4. The number of hydrogen-bond donors (Lipinski definition) is 1. The van der Waals surface area contributed by atoms with Crippen LogP contribution < -0.4 is 10.6 Å². The quantitative estimate of drug-likeness (QED) is 0.851. The van der Waals surface area contributed by atoms with E-state index in [1.165, 1.54) is 6.33 Å². The Morgan fingerprint density at radius 3 is 2.62 bits per heavy atom. The lowest BCUT2D eigenvalue weighted by Crippen LogP contribution is -2.18. The van der Waals surface area contributed by atoms with Gasteiger partial charge in [-0.25, -0.2) is 9.97 Å². The number of rotatable bonds is 3. The van der Waals surface area contributed by atoms with E-state index in [4.69, 9.17) is 5.73 Å². The van der Waals surface area contributed by atoms with Crippen molar-refractivity contribution in [2.45, 2.75) is 6.92 Å². The second kappa shape index (κ2) is 4.61. The molecule has 1 aromatic heterocycles. The molecule has 0 bridgehead atoms. The largest absolute Gasteiger partial charge is 0.394 e. The van der Waals surface area contributed by atoms with E-state index in [1.807, 2.05) is 30.3 Å². The van der Waals surface area contributed by atoms with E-state index in [9.17, 15) is 0 Å². The Bertz CT molecular complexity index is 456. The highest BCUT2D eigenvalue weighted by atomic mass is 15.2. The number of nitrogens with zero attached hydrogens (tertiary/aromatic N) is 3. The van der Waals surface area contributed by atoms with Gasteiger partial charge in [-0.1, -0.05) is 18.2 Å². The van der Waals surface area contributed by atoms with E-state index in [1.54, 1.807) is 6.20 Å². The number of nitrogens with two attached hydrogens (primary N) is 1. The molecular formula is C12H14N4. The zero-order valence-corrected chi connectivity index (χ0v) is 9.17. The summed E-state index contributed by atoms with van der Waals surface area (Å²) in [5.41, 5.74) is 7.54. The number of benzene rings is 1. The van der Waals surface area contributed by atoms with Gasteiger partial charge < -0.3 is 10.6 Å². The molecule has 4 heteroatoms. The van der Waals surface area contributed by atoms with Crippen molar-refractivity contribution in [2.75, 3.05) is 17.2 Å². The van der Waals surface area contributed by atoms with Crippen LogP contribution in [0.5, 0.6) is 0 Å². The van der Waals surface area contributed by atoms with Gasteiger partial charge in [0.1, 0.15) is 6.33 Å². The van der Waals surface area contributed by atoms with E-state index in [2.05, 4.69) is 21.8 Å². The first-order valence-electron chi connectivity index (χ1n) is 5.21. The Kier molecular flexibility index (Phi) is 3.00. The molecular weight excluding hydrogens is 200 g/mol. The van der Waals surface area contributed by atoms with Gasteiger partial charge in [0.25, 0.3) is 0 Å². The maximum atomic E-state index is 5.87. The van der Waals surface area contributed by atoms with Crippen molar-refractivity contribution in [3.8, 4) is 0 Å². The maximum absolute atomic E-state index is 5.87. The van der Waals surface area contributed by atoms with Crippen LogP contribution in [0.25, 0.3) is 0 Å². The van der Waals surface area contributed by atoms with E-state index in [-0.39, 0.29) is 0 Å². The fraction of sp³-hybridized carbons (Fsp3) is 0.167. The van der Waals surface area contributed by atoms with Gasteiger partial charge in [-0.05, 0) is 19.1 Å². The second-order valence-electron chi connectivity index (χ2n) is 3.38. The standard InChI is InChI=1S/C12H14N4/c1-2-16(10-6-4-3-5-7-10)12-11(13)8-14-9-15-12/h3-9H,2,13H2,1H3. The van der Waals surface area contributed by atoms with Crippen LogP contribution in [0.2, 0.25) is 0 Å². The molecule has 0 aliphatic carbocycles. The normalized spacial score (nSPS) is 10.1. The number of hydrogen-bond acceptors (Lipinski definition) is 4. The third-order valence-corrected chi connectivity index (χ3v) is 2.36. The molecule has 0 aliphatic rings. The summed E-state index contributed by atoms with van der Waals surface area (Å²) in [4.78, 5) is 10.2.